The molecule has 0 saturated carbocycles. The predicted molar refractivity (Wildman–Crippen MR) is 116 cm³/mol. The molecule has 2 aromatic carbocycles. The number of ether oxygens (including phenoxy) is 1. The van der Waals surface area contributed by atoms with Gasteiger partial charge >= 0.3 is 0 Å². The number of nitrogens with zero attached hydrogens (tertiary/aromatic N) is 5. The minimum Gasteiger partial charge on any atom is -0.378 e. The van der Waals surface area contributed by atoms with Crippen LogP contribution in [0.15, 0.2) is 59.8 Å². The molecule has 7 nitrogen and oxygen atoms in total. The lowest BCUT2D eigenvalue weighted by Gasteiger charge is -2.30. The molecule has 1 aliphatic rings. The van der Waals surface area contributed by atoms with E-state index in [1.165, 1.54) is 17.3 Å². The number of carbonyl (C=O) groups excluding carboxylic acids is 1. The number of aromatic nitrogens is 4. The average molecular weight is 424 g/mol. The third-order valence-corrected chi connectivity index (χ3v) is 6.29. The Kier molecular flexibility index (Phi) is 6.44. The quantitative estimate of drug-likeness (QED) is 0.565. The van der Waals surface area contributed by atoms with Gasteiger partial charge in [0.05, 0.1) is 18.9 Å². The molecule has 1 fully saturated rings. The van der Waals surface area contributed by atoms with Crippen molar-refractivity contribution >= 4 is 17.7 Å². The van der Waals surface area contributed by atoms with Crippen molar-refractivity contribution < 1.29 is 9.53 Å². The van der Waals surface area contributed by atoms with Gasteiger partial charge in [0.2, 0.25) is 11.1 Å². The fourth-order valence-electron chi connectivity index (χ4n) is 3.36. The van der Waals surface area contributed by atoms with Crippen LogP contribution >= 0.6 is 11.8 Å². The summed E-state index contributed by atoms with van der Waals surface area (Å²) in [4.78, 5) is 15.2. The fourth-order valence-corrected chi connectivity index (χ4v) is 4.44. The SMILES string of the molecule is CC(C)c1ccc(-n2nnnc2S[C@H](C(=O)N2CCOCC2)c2ccccc2)cc1. The highest BCUT2D eigenvalue weighted by Crippen LogP contribution is 2.36. The summed E-state index contributed by atoms with van der Waals surface area (Å²) in [7, 11) is 0. The number of carbonyl (C=O) groups is 1. The van der Waals surface area contributed by atoms with E-state index in [4.69, 9.17) is 4.74 Å². The molecular weight excluding hydrogens is 398 g/mol. The van der Waals surface area contributed by atoms with E-state index in [1.54, 1.807) is 4.68 Å². The van der Waals surface area contributed by atoms with E-state index in [-0.39, 0.29) is 5.91 Å². The molecule has 0 unspecified atom stereocenters. The first kappa shape index (κ1) is 20.6. The lowest BCUT2D eigenvalue weighted by atomic mass is 10.0. The van der Waals surface area contributed by atoms with Gasteiger partial charge in [0.1, 0.15) is 5.25 Å². The monoisotopic (exact) mass is 423 g/mol. The molecule has 30 heavy (non-hydrogen) atoms. The number of rotatable bonds is 6. The molecule has 1 atom stereocenters. The number of thioether (sulfide) groups is 1. The minimum atomic E-state index is -0.427. The van der Waals surface area contributed by atoms with E-state index in [9.17, 15) is 4.79 Å². The highest BCUT2D eigenvalue weighted by molar-refractivity contribution is 8.00. The van der Waals surface area contributed by atoms with Gasteiger partial charge in [-0.15, -0.1) is 5.10 Å². The summed E-state index contributed by atoms with van der Waals surface area (Å²) in [6.07, 6.45) is 0. The van der Waals surface area contributed by atoms with Crippen LogP contribution in [-0.2, 0) is 9.53 Å². The van der Waals surface area contributed by atoms with Crippen molar-refractivity contribution in [2.75, 3.05) is 26.3 Å². The summed E-state index contributed by atoms with van der Waals surface area (Å²) in [5.74, 6) is 0.509. The second-order valence-corrected chi connectivity index (χ2v) is 8.54. The lowest BCUT2D eigenvalue weighted by Crippen LogP contribution is -2.42. The second kappa shape index (κ2) is 9.40. The number of hydrogen-bond donors (Lipinski definition) is 0. The molecule has 0 bridgehead atoms. The first-order valence-electron chi connectivity index (χ1n) is 10.1. The van der Waals surface area contributed by atoms with Crippen molar-refractivity contribution in [3.8, 4) is 5.69 Å². The molecule has 3 aromatic rings. The average Bonchev–Trinajstić information content (AvgIpc) is 3.26. The van der Waals surface area contributed by atoms with Gasteiger partial charge in [0.15, 0.2) is 0 Å². The molecule has 156 valence electrons. The van der Waals surface area contributed by atoms with Crippen LogP contribution in [0.25, 0.3) is 5.69 Å². The smallest absolute Gasteiger partial charge is 0.240 e. The van der Waals surface area contributed by atoms with Crippen molar-refractivity contribution in [2.45, 2.75) is 30.2 Å². The topological polar surface area (TPSA) is 73.1 Å². The van der Waals surface area contributed by atoms with Gasteiger partial charge in [0.25, 0.3) is 0 Å². The standard InChI is InChI=1S/C22H25N5O2S/c1-16(2)17-8-10-19(11-9-17)27-22(23-24-25-27)30-20(18-6-4-3-5-7-18)21(28)26-12-14-29-15-13-26/h3-11,16,20H,12-15H2,1-2H3/t20-/m0/s1. The van der Waals surface area contributed by atoms with Gasteiger partial charge in [-0.05, 0) is 39.6 Å². The molecule has 1 saturated heterocycles. The van der Waals surface area contributed by atoms with E-state index < -0.39 is 5.25 Å². The Balaban J connectivity index is 1.62. The summed E-state index contributed by atoms with van der Waals surface area (Å²) in [6.45, 7) is 6.66. The molecule has 2 heterocycles. The maximum absolute atomic E-state index is 13.4. The number of morpholine rings is 1. The largest absolute Gasteiger partial charge is 0.378 e. The summed E-state index contributed by atoms with van der Waals surface area (Å²) in [5.41, 5.74) is 3.06. The van der Waals surface area contributed by atoms with Gasteiger partial charge in [-0.2, -0.15) is 4.68 Å². The summed E-state index contributed by atoms with van der Waals surface area (Å²) < 4.78 is 7.10. The second-order valence-electron chi connectivity index (χ2n) is 7.47. The molecule has 0 aliphatic carbocycles. The van der Waals surface area contributed by atoms with Crippen molar-refractivity contribution in [3.63, 3.8) is 0 Å². The van der Waals surface area contributed by atoms with Crippen molar-refractivity contribution in [1.29, 1.82) is 0 Å². The maximum atomic E-state index is 13.4. The Morgan fingerprint density at radius 2 is 1.70 bits per heavy atom. The first-order chi connectivity index (χ1) is 14.6. The van der Waals surface area contributed by atoms with Crippen LogP contribution in [0, 0.1) is 0 Å². The minimum absolute atomic E-state index is 0.0548. The molecule has 1 aromatic heterocycles. The summed E-state index contributed by atoms with van der Waals surface area (Å²) >= 11 is 1.38. The van der Waals surface area contributed by atoms with E-state index in [0.717, 1.165) is 11.3 Å². The zero-order valence-electron chi connectivity index (χ0n) is 17.1. The number of tetrazole rings is 1. The van der Waals surface area contributed by atoms with E-state index >= 15 is 0 Å². The van der Waals surface area contributed by atoms with Crippen LogP contribution in [0.5, 0.6) is 0 Å². The van der Waals surface area contributed by atoms with Crippen LogP contribution < -0.4 is 0 Å². The Morgan fingerprint density at radius 3 is 2.37 bits per heavy atom. The highest BCUT2D eigenvalue weighted by Gasteiger charge is 2.30. The van der Waals surface area contributed by atoms with Gasteiger partial charge in [0, 0.05) is 13.1 Å². The van der Waals surface area contributed by atoms with E-state index in [0.29, 0.717) is 37.4 Å². The van der Waals surface area contributed by atoms with Gasteiger partial charge < -0.3 is 9.64 Å². The van der Waals surface area contributed by atoms with Crippen molar-refractivity contribution in [2.24, 2.45) is 0 Å². The van der Waals surface area contributed by atoms with Crippen LogP contribution in [0.2, 0.25) is 0 Å². The molecule has 0 radical (unpaired) electrons. The van der Waals surface area contributed by atoms with Crippen LogP contribution in [0.4, 0.5) is 0 Å². The Labute approximate surface area is 180 Å². The van der Waals surface area contributed by atoms with Crippen LogP contribution in [0.1, 0.15) is 36.1 Å². The number of amides is 1. The Hall–Kier alpha value is -2.71. The third-order valence-electron chi connectivity index (χ3n) is 5.12. The molecule has 8 heteroatoms. The maximum Gasteiger partial charge on any atom is 0.240 e. The van der Waals surface area contributed by atoms with Crippen molar-refractivity contribution in [3.05, 3.63) is 65.7 Å². The first-order valence-corrected chi connectivity index (χ1v) is 11.0. The molecule has 0 N–H and O–H groups in total. The zero-order valence-corrected chi connectivity index (χ0v) is 18.0. The Morgan fingerprint density at radius 1 is 1.00 bits per heavy atom. The highest BCUT2D eigenvalue weighted by atomic mass is 32.2. The number of hydrogen-bond acceptors (Lipinski definition) is 6. The molecule has 4 rings (SSSR count). The fraction of sp³-hybridized carbons (Fsp3) is 0.364. The van der Waals surface area contributed by atoms with Crippen LogP contribution in [0.3, 0.4) is 0 Å². The summed E-state index contributed by atoms with van der Waals surface area (Å²) in [5, 5.41) is 12.4. The van der Waals surface area contributed by atoms with Gasteiger partial charge in [-0.1, -0.05) is 68.1 Å². The normalized spacial score (nSPS) is 15.4. The van der Waals surface area contributed by atoms with Crippen LogP contribution in [-0.4, -0.2) is 57.3 Å². The molecule has 1 aliphatic heterocycles. The molecule has 1 amide bonds. The van der Waals surface area contributed by atoms with E-state index in [1.807, 2.05) is 47.4 Å². The third kappa shape index (κ3) is 4.55. The Bertz CT molecular complexity index is 969. The zero-order chi connectivity index (χ0) is 20.9. The van der Waals surface area contributed by atoms with Gasteiger partial charge in [-0.25, -0.2) is 0 Å². The van der Waals surface area contributed by atoms with Gasteiger partial charge in [-0.3, -0.25) is 4.79 Å². The molecule has 0 spiro atoms. The van der Waals surface area contributed by atoms with Crippen molar-refractivity contribution in [1.82, 2.24) is 25.1 Å². The lowest BCUT2D eigenvalue weighted by molar-refractivity contribution is -0.134. The summed E-state index contributed by atoms with van der Waals surface area (Å²) in [6, 6.07) is 18.0. The number of benzene rings is 2. The molecular formula is C22H25N5O2S. The van der Waals surface area contributed by atoms with E-state index in [2.05, 4.69) is 41.5 Å². The predicted octanol–water partition coefficient (Wildman–Crippen LogP) is 3.48.